The molecule has 1 saturated carbocycles. The van der Waals surface area contributed by atoms with Crippen LogP contribution in [0, 0.1) is 23.2 Å². The number of likely N-dealkylation sites (tertiary alicyclic amines) is 1. The number of hydrogen-bond acceptors (Lipinski definition) is 9. The maximum atomic E-state index is 13.8. The molecule has 2 atom stereocenters. The summed E-state index contributed by atoms with van der Waals surface area (Å²) in [7, 11) is 0. The zero-order chi connectivity index (χ0) is 26.7. The minimum atomic E-state index is 0.0519. The molecule has 38 heavy (non-hydrogen) atoms. The summed E-state index contributed by atoms with van der Waals surface area (Å²) in [5.74, 6) is 1.99. The van der Waals surface area contributed by atoms with Crippen molar-refractivity contribution in [1.29, 1.82) is 0 Å². The van der Waals surface area contributed by atoms with Crippen molar-refractivity contribution in [2.24, 2.45) is 23.2 Å². The molecule has 2 aromatic heterocycles. The lowest BCUT2D eigenvalue weighted by atomic mass is 9.65. The molecule has 5 rings (SSSR count). The normalized spacial score (nSPS) is 24.0. The van der Waals surface area contributed by atoms with Crippen LogP contribution < -0.4 is 15.5 Å². The third kappa shape index (κ3) is 6.62. The maximum absolute atomic E-state index is 13.8. The quantitative estimate of drug-likeness (QED) is 0.487. The Labute approximate surface area is 231 Å². The van der Waals surface area contributed by atoms with E-state index in [4.69, 9.17) is 0 Å². The lowest BCUT2D eigenvalue weighted by Crippen LogP contribution is -2.45. The molecule has 0 spiro atoms. The number of nitrogens with one attached hydrogen (secondary N) is 2. The number of piperidine rings is 1. The standard InChI is InChI=1S/C28H44N8OS/c1-19(2)35-15-9-21(10-16-35)24(20-7-12-28(3,4)13-8-20)25(37)31-27-34-33-26(38-27)30-22-11-17-36(18-22)23-6-5-14-29-32-23/h5-6,14,19-22,24H,7-13,15-18H2,1-4H3,(H,30,33)(H,31,34,37)/t22-,24+/m1/s1. The van der Waals surface area contributed by atoms with E-state index in [-0.39, 0.29) is 17.9 Å². The Balaban J connectivity index is 1.20. The Morgan fingerprint density at radius 3 is 2.39 bits per heavy atom. The number of aromatic nitrogens is 4. The molecular weight excluding hydrogens is 496 g/mol. The van der Waals surface area contributed by atoms with Crippen molar-refractivity contribution in [2.45, 2.75) is 84.7 Å². The largest absolute Gasteiger partial charge is 0.355 e. The van der Waals surface area contributed by atoms with Crippen molar-refractivity contribution in [3.63, 3.8) is 0 Å². The maximum Gasteiger partial charge on any atom is 0.229 e. The Morgan fingerprint density at radius 1 is 1.00 bits per heavy atom. The lowest BCUT2D eigenvalue weighted by molar-refractivity contribution is -0.125. The van der Waals surface area contributed by atoms with E-state index in [0.717, 1.165) is 69.2 Å². The fraction of sp³-hybridized carbons (Fsp3) is 0.750. The van der Waals surface area contributed by atoms with Crippen LogP contribution in [-0.4, -0.2) is 69.5 Å². The molecule has 2 aromatic rings. The minimum Gasteiger partial charge on any atom is -0.355 e. The molecule has 10 heteroatoms. The highest BCUT2D eigenvalue weighted by molar-refractivity contribution is 7.19. The van der Waals surface area contributed by atoms with Crippen LogP contribution in [-0.2, 0) is 4.79 Å². The van der Waals surface area contributed by atoms with Crippen LogP contribution in [0.15, 0.2) is 18.3 Å². The molecule has 3 aliphatic rings. The number of hydrogen-bond donors (Lipinski definition) is 2. The highest BCUT2D eigenvalue weighted by Crippen LogP contribution is 2.45. The number of nitrogens with zero attached hydrogens (tertiary/aromatic N) is 6. The van der Waals surface area contributed by atoms with E-state index in [0.29, 0.717) is 28.4 Å². The van der Waals surface area contributed by atoms with E-state index in [1.54, 1.807) is 6.20 Å². The molecule has 2 saturated heterocycles. The molecule has 0 radical (unpaired) electrons. The summed E-state index contributed by atoms with van der Waals surface area (Å²) in [6.07, 6.45) is 9.57. The molecule has 0 unspecified atom stereocenters. The number of carbonyl (C=O) groups excluding carboxylic acids is 1. The molecule has 208 valence electrons. The minimum absolute atomic E-state index is 0.0519. The van der Waals surface area contributed by atoms with Gasteiger partial charge in [0.2, 0.25) is 16.2 Å². The van der Waals surface area contributed by atoms with Gasteiger partial charge in [-0.3, -0.25) is 4.79 Å². The van der Waals surface area contributed by atoms with Crippen molar-refractivity contribution in [1.82, 2.24) is 25.3 Å². The third-order valence-corrected chi connectivity index (χ3v) is 9.83. The second-order valence-electron chi connectivity index (χ2n) is 12.6. The number of carbonyl (C=O) groups is 1. The SMILES string of the molecule is CC(C)N1CCC([C@@H](C(=O)Nc2nnc(N[C@@H]3CCN(c4cccnn4)C3)s2)C2CCC(C)(C)CC2)CC1. The predicted octanol–water partition coefficient (Wildman–Crippen LogP) is 4.91. The average molecular weight is 541 g/mol. The molecular formula is C28H44N8OS. The van der Waals surface area contributed by atoms with Gasteiger partial charge in [0.15, 0.2) is 5.82 Å². The number of amides is 1. The number of anilines is 3. The molecule has 3 fully saturated rings. The summed E-state index contributed by atoms with van der Waals surface area (Å²) in [4.78, 5) is 18.6. The van der Waals surface area contributed by atoms with Gasteiger partial charge in [-0.2, -0.15) is 5.10 Å². The second kappa shape index (κ2) is 11.8. The summed E-state index contributed by atoms with van der Waals surface area (Å²) in [6, 6.07) is 4.74. The summed E-state index contributed by atoms with van der Waals surface area (Å²) in [6.45, 7) is 13.2. The van der Waals surface area contributed by atoms with Gasteiger partial charge in [-0.25, -0.2) is 0 Å². The predicted molar refractivity (Wildman–Crippen MR) is 153 cm³/mol. The molecule has 2 aliphatic heterocycles. The van der Waals surface area contributed by atoms with Crippen LogP contribution in [0.2, 0.25) is 0 Å². The second-order valence-corrected chi connectivity index (χ2v) is 13.5. The molecule has 1 aliphatic carbocycles. The van der Waals surface area contributed by atoms with E-state index in [1.807, 2.05) is 12.1 Å². The van der Waals surface area contributed by atoms with Crippen molar-refractivity contribution in [3.8, 4) is 0 Å². The smallest absolute Gasteiger partial charge is 0.229 e. The summed E-state index contributed by atoms with van der Waals surface area (Å²) in [5.41, 5.74) is 0.390. The van der Waals surface area contributed by atoms with Gasteiger partial charge in [0, 0.05) is 37.3 Å². The fourth-order valence-electron chi connectivity index (χ4n) is 6.63. The Hall–Kier alpha value is -2.33. The number of rotatable bonds is 8. The average Bonchev–Trinajstić information content (AvgIpc) is 3.56. The fourth-order valence-corrected chi connectivity index (χ4v) is 7.36. The van der Waals surface area contributed by atoms with Gasteiger partial charge >= 0.3 is 0 Å². The monoisotopic (exact) mass is 540 g/mol. The van der Waals surface area contributed by atoms with Crippen molar-refractivity contribution in [3.05, 3.63) is 18.3 Å². The van der Waals surface area contributed by atoms with Crippen molar-refractivity contribution in [2.75, 3.05) is 41.7 Å². The molecule has 0 bridgehead atoms. The highest BCUT2D eigenvalue weighted by atomic mass is 32.1. The zero-order valence-corrected chi connectivity index (χ0v) is 24.2. The highest BCUT2D eigenvalue weighted by Gasteiger charge is 2.40. The first-order valence-electron chi connectivity index (χ1n) is 14.4. The summed E-state index contributed by atoms with van der Waals surface area (Å²) in [5, 5.41) is 25.0. The van der Waals surface area contributed by atoms with Gasteiger partial charge in [0.05, 0.1) is 0 Å². The Bertz CT molecular complexity index is 1040. The Kier molecular flexibility index (Phi) is 8.47. The first-order valence-corrected chi connectivity index (χ1v) is 15.3. The van der Waals surface area contributed by atoms with Crippen molar-refractivity contribution < 1.29 is 4.79 Å². The van der Waals surface area contributed by atoms with Crippen molar-refractivity contribution >= 4 is 33.3 Å². The van der Waals surface area contributed by atoms with E-state index in [9.17, 15) is 4.79 Å². The van der Waals surface area contributed by atoms with E-state index >= 15 is 0 Å². The van der Waals surface area contributed by atoms with Gasteiger partial charge in [-0.05, 0) is 101 Å². The Morgan fingerprint density at radius 2 is 1.71 bits per heavy atom. The first-order chi connectivity index (χ1) is 18.3. The van der Waals surface area contributed by atoms with Crippen LogP contribution in [0.3, 0.4) is 0 Å². The summed E-state index contributed by atoms with van der Waals surface area (Å²) < 4.78 is 0. The zero-order valence-electron chi connectivity index (χ0n) is 23.4. The van der Waals surface area contributed by atoms with Gasteiger partial charge in [-0.1, -0.05) is 25.2 Å². The van der Waals surface area contributed by atoms with E-state index < -0.39 is 0 Å². The van der Waals surface area contributed by atoms with Crippen LogP contribution in [0.4, 0.5) is 16.1 Å². The topological polar surface area (TPSA) is 99.2 Å². The van der Waals surface area contributed by atoms with E-state index in [1.165, 1.54) is 24.2 Å². The molecule has 2 N–H and O–H groups in total. The molecule has 4 heterocycles. The first kappa shape index (κ1) is 27.2. The van der Waals surface area contributed by atoms with Gasteiger partial charge in [0.25, 0.3) is 0 Å². The summed E-state index contributed by atoms with van der Waals surface area (Å²) >= 11 is 1.44. The molecule has 0 aromatic carbocycles. The van der Waals surface area contributed by atoms with Crippen LogP contribution in [0.1, 0.15) is 72.6 Å². The van der Waals surface area contributed by atoms with Gasteiger partial charge in [-0.15, -0.1) is 15.3 Å². The molecule has 9 nitrogen and oxygen atoms in total. The lowest BCUT2D eigenvalue weighted by Gasteiger charge is -2.43. The third-order valence-electron chi connectivity index (χ3n) is 9.06. The molecule has 1 amide bonds. The van der Waals surface area contributed by atoms with Crippen LogP contribution >= 0.6 is 11.3 Å². The van der Waals surface area contributed by atoms with Crippen LogP contribution in [0.25, 0.3) is 0 Å². The van der Waals surface area contributed by atoms with Gasteiger partial charge in [0.1, 0.15) is 0 Å². The van der Waals surface area contributed by atoms with Crippen LogP contribution in [0.5, 0.6) is 0 Å². The van der Waals surface area contributed by atoms with Gasteiger partial charge < -0.3 is 20.4 Å². The van der Waals surface area contributed by atoms with E-state index in [2.05, 4.69) is 68.5 Å².